The number of rotatable bonds is 8. The van der Waals surface area contributed by atoms with Crippen molar-refractivity contribution in [1.29, 1.82) is 0 Å². The van der Waals surface area contributed by atoms with Crippen LogP contribution in [0, 0.1) is 0 Å². The third kappa shape index (κ3) is 4.98. The minimum absolute atomic E-state index is 0.0253. The molecule has 1 aliphatic rings. The number of ether oxygens (including phenoxy) is 2. The highest BCUT2D eigenvalue weighted by Gasteiger charge is 2.52. The predicted octanol–water partition coefficient (Wildman–Crippen LogP) is 3.72. The van der Waals surface area contributed by atoms with Gasteiger partial charge in [-0.15, -0.1) is 0 Å². The molecule has 0 unspecified atom stereocenters. The van der Waals surface area contributed by atoms with Gasteiger partial charge in [0, 0.05) is 5.56 Å². The second-order valence-corrected chi connectivity index (χ2v) is 9.25. The summed E-state index contributed by atoms with van der Waals surface area (Å²) in [6.07, 6.45) is 1.01. The molecule has 0 aromatic heterocycles. The van der Waals surface area contributed by atoms with E-state index in [9.17, 15) is 18.0 Å². The van der Waals surface area contributed by atoms with E-state index in [-0.39, 0.29) is 16.1 Å². The average Bonchev–Trinajstić information content (AvgIpc) is 3.61. The van der Waals surface area contributed by atoms with Crippen molar-refractivity contribution in [2.75, 3.05) is 11.8 Å². The quantitative estimate of drug-likeness (QED) is 0.490. The molecule has 0 spiro atoms. The zero-order valence-electron chi connectivity index (χ0n) is 17.8. The van der Waals surface area contributed by atoms with Gasteiger partial charge in [0.25, 0.3) is 15.9 Å². The summed E-state index contributed by atoms with van der Waals surface area (Å²) in [6, 6.07) is 21.1. The van der Waals surface area contributed by atoms with Gasteiger partial charge in [-0.2, -0.15) is 0 Å². The summed E-state index contributed by atoms with van der Waals surface area (Å²) < 4.78 is 38.9. The number of nitrogens with one attached hydrogen (secondary N) is 2. The fourth-order valence-corrected chi connectivity index (χ4v) is 4.31. The predicted molar refractivity (Wildman–Crippen MR) is 122 cm³/mol. The highest BCUT2D eigenvalue weighted by molar-refractivity contribution is 7.92. The van der Waals surface area contributed by atoms with Crippen LogP contribution in [0.4, 0.5) is 5.69 Å². The van der Waals surface area contributed by atoms with Crippen molar-refractivity contribution >= 4 is 27.6 Å². The summed E-state index contributed by atoms with van der Waals surface area (Å²) >= 11 is 0. The zero-order chi connectivity index (χ0) is 23.5. The Balaban J connectivity index is 1.49. The second kappa shape index (κ2) is 8.95. The van der Waals surface area contributed by atoms with Crippen LogP contribution in [0.3, 0.4) is 0 Å². The summed E-state index contributed by atoms with van der Waals surface area (Å²) in [5, 5.41) is 2.67. The molecular formula is C24H22N2O6S. The largest absolute Gasteiger partial charge is 0.467 e. The summed E-state index contributed by atoms with van der Waals surface area (Å²) in [4.78, 5) is 24.3. The van der Waals surface area contributed by atoms with E-state index in [0.29, 0.717) is 24.3 Å². The molecule has 8 nitrogen and oxygen atoms in total. The van der Waals surface area contributed by atoms with Crippen LogP contribution in [-0.4, -0.2) is 32.9 Å². The van der Waals surface area contributed by atoms with Gasteiger partial charge in [-0.1, -0.05) is 30.3 Å². The van der Waals surface area contributed by atoms with Crippen molar-refractivity contribution in [3.8, 4) is 11.5 Å². The van der Waals surface area contributed by atoms with Gasteiger partial charge in [-0.3, -0.25) is 9.52 Å². The first-order valence-electron chi connectivity index (χ1n) is 10.2. The normalized spacial score (nSPS) is 14.1. The number of hydrogen-bond donors (Lipinski definition) is 2. The molecule has 170 valence electrons. The Morgan fingerprint density at radius 1 is 0.879 bits per heavy atom. The Hall–Kier alpha value is -3.85. The lowest BCUT2D eigenvalue weighted by atomic mass is 10.2. The molecule has 4 rings (SSSR count). The molecule has 2 N–H and O–H groups in total. The van der Waals surface area contributed by atoms with Gasteiger partial charge in [0.05, 0.1) is 17.7 Å². The monoisotopic (exact) mass is 466 g/mol. The molecule has 0 atom stereocenters. The maximum atomic E-state index is 12.9. The van der Waals surface area contributed by atoms with E-state index in [1.165, 1.54) is 31.4 Å². The number of methoxy groups -OCH3 is 1. The van der Waals surface area contributed by atoms with Crippen molar-refractivity contribution in [1.82, 2.24) is 5.32 Å². The fourth-order valence-electron chi connectivity index (χ4n) is 3.23. The van der Waals surface area contributed by atoms with E-state index in [2.05, 4.69) is 10.0 Å². The van der Waals surface area contributed by atoms with Gasteiger partial charge in [0.2, 0.25) is 0 Å². The lowest BCUT2D eigenvalue weighted by Crippen LogP contribution is -2.43. The van der Waals surface area contributed by atoms with Crippen LogP contribution in [0.1, 0.15) is 23.2 Å². The summed E-state index contributed by atoms with van der Waals surface area (Å²) in [6.45, 7) is 0. The highest BCUT2D eigenvalue weighted by Crippen LogP contribution is 2.37. The van der Waals surface area contributed by atoms with Gasteiger partial charge in [0.15, 0.2) is 5.75 Å². The van der Waals surface area contributed by atoms with Gasteiger partial charge in [-0.25, -0.2) is 13.2 Å². The average molecular weight is 467 g/mol. The van der Waals surface area contributed by atoms with Crippen LogP contribution < -0.4 is 14.8 Å². The molecule has 1 saturated carbocycles. The highest BCUT2D eigenvalue weighted by atomic mass is 32.2. The third-order valence-electron chi connectivity index (χ3n) is 5.21. The first-order valence-corrected chi connectivity index (χ1v) is 11.7. The van der Waals surface area contributed by atoms with E-state index < -0.39 is 27.4 Å². The number of benzene rings is 3. The fraction of sp³-hybridized carbons (Fsp3) is 0.167. The molecule has 0 aliphatic heterocycles. The Bertz CT molecular complexity index is 1270. The molecule has 9 heteroatoms. The van der Waals surface area contributed by atoms with Gasteiger partial charge in [0.1, 0.15) is 11.3 Å². The summed E-state index contributed by atoms with van der Waals surface area (Å²) in [7, 11) is -2.68. The van der Waals surface area contributed by atoms with Crippen LogP contribution in [0.15, 0.2) is 83.8 Å². The molecule has 0 heterocycles. The van der Waals surface area contributed by atoms with Gasteiger partial charge < -0.3 is 14.8 Å². The summed E-state index contributed by atoms with van der Waals surface area (Å²) in [5.74, 6) is -0.0484. The van der Waals surface area contributed by atoms with Gasteiger partial charge >= 0.3 is 5.97 Å². The maximum Gasteiger partial charge on any atom is 0.331 e. The maximum absolute atomic E-state index is 12.9. The lowest BCUT2D eigenvalue weighted by molar-refractivity contribution is -0.144. The number of anilines is 1. The van der Waals surface area contributed by atoms with Crippen LogP contribution in [0.2, 0.25) is 0 Å². The van der Waals surface area contributed by atoms with Gasteiger partial charge in [-0.05, 0) is 61.4 Å². The lowest BCUT2D eigenvalue weighted by Gasteiger charge is -2.15. The molecule has 3 aromatic carbocycles. The third-order valence-corrected chi connectivity index (χ3v) is 6.59. The zero-order valence-corrected chi connectivity index (χ0v) is 18.6. The van der Waals surface area contributed by atoms with Crippen molar-refractivity contribution < 1.29 is 27.5 Å². The SMILES string of the molecule is COC(=O)C1(NC(=O)c2ccc(S(=O)(=O)Nc3ccccc3Oc3ccccc3)cc2)CC1. The standard InChI is InChI=1S/C24H22N2O6S/c1-31-23(28)24(15-16-24)25-22(27)17-11-13-19(14-12-17)33(29,30)26-20-9-5-6-10-21(20)32-18-7-3-2-4-8-18/h2-14,26H,15-16H2,1H3,(H,25,27). The topological polar surface area (TPSA) is 111 Å². The van der Waals surface area contributed by atoms with Crippen molar-refractivity contribution in [3.63, 3.8) is 0 Å². The Labute approximate surface area is 191 Å². The number of carbonyl (C=O) groups excluding carboxylic acids is 2. The van der Waals surface area contributed by atoms with Crippen LogP contribution in [0.25, 0.3) is 0 Å². The number of esters is 1. The second-order valence-electron chi connectivity index (χ2n) is 7.57. The number of hydrogen-bond acceptors (Lipinski definition) is 6. The van der Waals surface area contributed by atoms with Crippen LogP contribution >= 0.6 is 0 Å². The van der Waals surface area contributed by atoms with E-state index in [0.717, 1.165) is 0 Å². The first-order chi connectivity index (χ1) is 15.8. The molecular weight excluding hydrogens is 444 g/mol. The number of sulfonamides is 1. The Morgan fingerprint density at radius 3 is 2.15 bits per heavy atom. The Kier molecular flexibility index (Phi) is 6.06. The van der Waals surface area contributed by atoms with Crippen molar-refractivity contribution in [2.24, 2.45) is 0 Å². The molecule has 3 aromatic rings. The van der Waals surface area contributed by atoms with Crippen molar-refractivity contribution in [3.05, 3.63) is 84.4 Å². The van der Waals surface area contributed by atoms with E-state index in [4.69, 9.17) is 9.47 Å². The number of para-hydroxylation sites is 3. The minimum atomic E-state index is -3.95. The smallest absolute Gasteiger partial charge is 0.331 e. The molecule has 1 fully saturated rings. The summed E-state index contributed by atoms with van der Waals surface area (Å²) in [5.41, 5.74) is -0.477. The number of amides is 1. The molecule has 1 amide bonds. The molecule has 0 saturated heterocycles. The van der Waals surface area contributed by atoms with E-state index in [1.807, 2.05) is 18.2 Å². The van der Waals surface area contributed by atoms with E-state index in [1.54, 1.807) is 36.4 Å². The van der Waals surface area contributed by atoms with Crippen LogP contribution in [0.5, 0.6) is 11.5 Å². The molecule has 0 radical (unpaired) electrons. The van der Waals surface area contributed by atoms with E-state index >= 15 is 0 Å². The van der Waals surface area contributed by atoms with Crippen LogP contribution in [-0.2, 0) is 19.6 Å². The van der Waals surface area contributed by atoms with Crippen molar-refractivity contribution in [2.45, 2.75) is 23.3 Å². The molecule has 1 aliphatic carbocycles. The minimum Gasteiger partial charge on any atom is -0.467 e. The first kappa shape index (κ1) is 22.3. The number of carbonyl (C=O) groups is 2. The Morgan fingerprint density at radius 2 is 1.52 bits per heavy atom. The molecule has 33 heavy (non-hydrogen) atoms. The molecule has 0 bridgehead atoms.